The molecule has 0 N–H and O–H groups in total. The quantitative estimate of drug-likeness (QED) is 0.839. The molecule has 3 nitrogen and oxygen atoms in total. The predicted octanol–water partition coefficient (Wildman–Crippen LogP) is 2.58. The largest absolute Gasteiger partial charge is 0.549 e. The number of fused-ring (bicyclic) bond motifs is 3. The first kappa shape index (κ1) is 14.2. The second kappa shape index (κ2) is 4.62. The van der Waals surface area contributed by atoms with Crippen LogP contribution in [0.15, 0.2) is 24.3 Å². The Labute approximate surface area is 125 Å². The third-order valence-corrected chi connectivity index (χ3v) is 5.06. The molecule has 2 aliphatic rings. The van der Waals surface area contributed by atoms with E-state index in [0.717, 1.165) is 29.7 Å². The summed E-state index contributed by atoms with van der Waals surface area (Å²) in [6.07, 6.45) is 5.09. The number of methoxy groups -OCH3 is 1. The summed E-state index contributed by atoms with van der Waals surface area (Å²) in [5.74, 6) is -0.101. The molecule has 0 aliphatic heterocycles. The summed E-state index contributed by atoms with van der Waals surface area (Å²) in [6, 6.07) is 5.93. The highest BCUT2D eigenvalue weighted by Crippen LogP contribution is 2.54. The fourth-order valence-electron chi connectivity index (χ4n) is 3.70. The van der Waals surface area contributed by atoms with Crippen molar-refractivity contribution in [2.45, 2.75) is 39.5 Å². The lowest BCUT2D eigenvalue weighted by molar-refractivity contribution is -0.317. The average molecular weight is 285 g/mol. The SMILES string of the molecule is COc1ccc2c(c1)CC[C@]1(C(=O)[O-])CCC(C)(C)C=C21. The Morgan fingerprint density at radius 2 is 2.00 bits per heavy atom. The molecule has 1 aromatic rings. The Hall–Kier alpha value is -1.77. The van der Waals surface area contributed by atoms with E-state index >= 15 is 0 Å². The molecule has 0 spiro atoms. The van der Waals surface area contributed by atoms with Crippen molar-refractivity contribution in [1.29, 1.82) is 0 Å². The smallest absolute Gasteiger partial charge is 0.119 e. The van der Waals surface area contributed by atoms with Crippen molar-refractivity contribution in [3.05, 3.63) is 35.4 Å². The Balaban J connectivity index is 2.19. The van der Waals surface area contributed by atoms with Crippen LogP contribution in [0.3, 0.4) is 0 Å². The zero-order valence-corrected chi connectivity index (χ0v) is 12.9. The van der Waals surface area contributed by atoms with Gasteiger partial charge in [-0.2, -0.15) is 0 Å². The zero-order chi connectivity index (χ0) is 15.3. The van der Waals surface area contributed by atoms with Gasteiger partial charge < -0.3 is 14.6 Å². The topological polar surface area (TPSA) is 49.4 Å². The minimum Gasteiger partial charge on any atom is -0.549 e. The summed E-state index contributed by atoms with van der Waals surface area (Å²) in [6.45, 7) is 4.33. The first-order valence-electron chi connectivity index (χ1n) is 7.50. The maximum atomic E-state index is 11.9. The van der Waals surface area contributed by atoms with E-state index in [9.17, 15) is 9.90 Å². The van der Waals surface area contributed by atoms with Gasteiger partial charge in [-0.05, 0) is 59.9 Å². The molecule has 112 valence electrons. The van der Waals surface area contributed by atoms with Crippen molar-refractivity contribution >= 4 is 11.5 Å². The molecular weight excluding hydrogens is 264 g/mol. The Morgan fingerprint density at radius 1 is 1.24 bits per heavy atom. The third kappa shape index (κ3) is 2.15. The lowest BCUT2D eigenvalue weighted by atomic mass is 9.59. The lowest BCUT2D eigenvalue weighted by Gasteiger charge is -2.47. The lowest BCUT2D eigenvalue weighted by Crippen LogP contribution is -2.47. The van der Waals surface area contributed by atoms with E-state index in [1.165, 1.54) is 5.56 Å². The highest BCUT2D eigenvalue weighted by Gasteiger charge is 2.44. The van der Waals surface area contributed by atoms with Gasteiger partial charge in [-0.3, -0.25) is 0 Å². The standard InChI is InChI=1S/C18H22O3/c1-17(2)8-9-18(16(19)20)7-6-12-10-13(21-3)4-5-14(12)15(18)11-17/h4-5,10-11H,6-9H2,1-3H3,(H,19,20)/p-1/t18-/m0/s1. The van der Waals surface area contributed by atoms with Crippen molar-refractivity contribution in [1.82, 2.24) is 0 Å². The molecule has 2 aliphatic carbocycles. The summed E-state index contributed by atoms with van der Waals surface area (Å²) in [5, 5.41) is 11.9. The highest BCUT2D eigenvalue weighted by molar-refractivity contribution is 5.93. The van der Waals surface area contributed by atoms with Crippen LogP contribution in [0.1, 0.15) is 44.2 Å². The van der Waals surface area contributed by atoms with Crippen LogP contribution in [0, 0.1) is 10.8 Å². The van der Waals surface area contributed by atoms with Gasteiger partial charge in [0.05, 0.1) is 13.1 Å². The molecule has 1 aromatic carbocycles. The first-order valence-corrected chi connectivity index (χ1v) is 7.50. The van der Waals surface area contributed by atoms with E-state index < -0.39 is 11.4 Å². The van der Waals surface area contributed by atoms with Crippen LogP contribution in [-0.2, 0) is 11.2 Å². The number of carbonyl (C=O) groups excluding carboxylic acids is 1. The van der Waals surface area contributed by atoms with Gasteiger partial charge in [-0.25, -0.2) is 0 Å². The summed E-state index contributed by atoms with van der Waals surface area (Å²) in [4.78, 5) is 11.9. The molecule has 0 heterocycles. The van der Waals surface area contributed by atoms with Crippen molar-refractivity contribution < 1.29 is 14.6 Å². The average Bonchev–Trinajstić information content (AvgIpc) is 2.45. The van der Waals surface area contributed by atoms with E-state index in [2.05, 4.69) is 19.9 Å². The van der Waals surface area contributed by atoms with Crippen molar-refractivity contribution in [3.8, 4) is 5.75 Å². The van der Waals surface area contributed by atoms with Gasteiger partial charge in [0.25, 0.3) is 0 Å². The van der Waals surface area contributed by atoms with E-state index in [0.29, 0.717) is 12.8 Å². The molecule has 0 fully saturated rings. The van der Waals surface area contributed by atoms with Crippen LogP contribution in [0.5, 0.6) is 5.75 Å². The first-order chi connectivity index (χ1) is 9.88. The summed E-state index contributed by atoms with van der Waals surface area (Å²) >= 11 is 0. The number of carboxylic acid groups (broad SMARTS) is 1. The van der Waals surface area contributed by atoms with E-state index in [1.807, 2.05) is 18.2 Å². The number of carboxylic acids is 1. The molecule has 0 radical (unpaired) electrons. The van der Waals surface area contributed by atoms with Crippen LogP contribution in [0.25, 0.3) is 5.57 Å². The molecule has 0 aromatic heterocycles. The second-order valence-electron chi connectivity index (χ2n) is 6.94. The summed E-state index contributed by atoms with van der Waals surface area (Å²) in [7, 11) is 1.65. The number of aryl methyl sites for hydroxylation is 1. The van der Waals surface area contributed by atoms with Gasteiger partial charge in [0.15, 0.2) is 0 Å². The molecule has 0 bridgehead atoms. The second-order valence-corrected chi connectivity index (χ2v) is 6.94. The van der Waals surface area contributed by atoms with Gasteiger partial charge in [0.1, 0.15) is 5.75 Å². The fourth-order valence-corrected chi connectivity index (χ4v) is 3.70. The van der Waals surface area contributed by atoms with Crippen LogP contribution in [0.4, 0.5) is 0 Å². The fraction of sp³-hybridized carbons (Fsp3) is 0.500. The number of aliphatic carboxylic acids is 1. The van der Waals surface area contributed by atoms with Crippen LogP contribution in [0.2, 0.25) is 0 Å². The molecule has 3 heteroatoms. The maximum Gasteiger partial charge on any atom is 0.119 e. The Kier molecular flexibility index (Phi) is 3.12. The third-order valence-electron chi connectivity index (χ3n) is 5.06. The highest BCUT2D eigenvalue weighted by atomic mass is 16.5. The van der Waals surface area contributed by atoms with Crippen LogP contribution < -0.4 is 9.84 Å². The molecule has 0 unspecified atom stereocenters. The summed E-state index contributed by atoms with van der Waals surface area (Å²) < 4.78 is 5.28. The maximum absolute atomic E-state index is 11.9. The Bertz CT molecular complexity index is 627. The molecule has 3 rings (SSSR count). The zero-order valence-electron chi connectivity index (χ0n) is 12.9. The number of ether oxygens (including phenoxy) is 1. The minimum atomic E-state index is -0.925. The van der Waals surface area contributed by atoms with Gasteiger partial charge >= 0.3 is 0 Å². The summed E-state index contributed by atoms with van der Waals surface area (Å²) in [5.41, 5.74) is 2.40. The van der Waals surface area contributed by atoms with Gasteiger partial charge in [-0.1, -0.05) is 26.0 Å². The molecule has 0 amide bonds. The molecule has 0 saturated heterocycles. The van der Waals surface area contributed by atoms with E-state index in [1.54, 1.807) is 7.11 Å². The van der Waals surface area contributed by atoms with Crippen molar-refractivity contribution in [2.24, 2.45) is 10.8 Å². The van der Waals surface area contributed by atoms with Crippen molar-refractivity contribution in [2.75, 3.05) is 7.11 Å². The predicted molar refractivity (Wildman–Crippen MR) is 79.7 cm³/mol. The van der Waals surface area contributed by atoms with Gasteiger partial charge in [0, 0.05) is 5.41 Å². The normalized spacial score (nSPS) is 26.3. The number of rotatable bonds is 2. The number of carbonyl (C=O) groups is 1. The van der Waals surface area contributed by atoms with Crippen LogP contribution in [-0.4, -0.2) is 13.1 Å². The van der Waals surface area contributed by atoms with Crippen molar-refractivity contribution in [3.63, 3.8) is 0 Å². The number of allylic oxidation sites excluding steroid dienone is 1. The Morgan fingerprint density at radius 3 is 2.67 bits per heavy atom. The number of hydrogen-bond acceptors (Lipinski definition) is 3. The minimum absolute atomic E-state index is 0.0306. The van der Waals surface area contributed by atoms with E-state index in [-0.39, 0.29) is 5.41 Å². The van der Waals surface area contributed by atoms with Gasteiger partial charge in [0.2, 0.25) is 0 Å². The molecular formula is C18H21O3-. The number of hydrogen-bond donors (Lipinski definition) is 0. The monoisotopic (exact) mass is 285 g/mol. The van der Waals surface area contributed by atoms with Crippen LogP contribution >= 0.6 is 0 Å². The molecule has 21 heavy (non-hydrogen) atoms. The van der Waals surface area contributed by atoms with Gasteiger partial charge in [-0.15, -0.1) is 0 Å². The molecule has 0 saturated carbocycles. The molecule has 1 atom stereocenters. The number of benzene rings is 1. The van der Waals surface area contributed by atoms with E-state index in [4.69, 9.17) is 4.74 Å².